The van der Waals surface area contributed by atoms with Crippen molar-refractivity contribution in [2.75, 3.05) is 26.7 Å². The number of nitrogens with zero attached hydrogens (tertiary/aromatic N) is 4. The Morgan fingerprint density at radius 1 is 1.31 bits per heavy atom. The number of piperazine rings is 1. The number of primary amides is 1. The monoisotopic (exact) mass is 352 g/mol. The van der Waals surface area contributed by atoms with Crippen molar-refractivity contribution in [3.8, 4) is 5.75 Å². The van der Waals surface area contributed by atoms with Crippen molar-refractivity contribution >= 4 is 11.7 Å². The van der Waals surface area contributed by atoms with Gasteiger partial charge in [0.05, 0.1) is 12.8 Å². The maximum absolute atomic E-state index is 12.4. The zero-order valence-corrected chi connectivity index (χ0v) is 14.4. The molecule has 1 fully saturated rings. The zero-order valence-electron chi connectivity index (χ0n) is 14.4. The van der Waals surface area contributed by atoms with Crippen LogP contribution in [0, 0.1) is 0 Å². The molecule has 3 N–H and O–H groups in total. The molecule has 0 bridgehead atoms. The lowest BCUT2D eigenvalue weighted by atomic mass is 9.82. The molecule has 4 rings (SSSR count). The number of nitrogens with one attached hydrogen (secondary N) is 1. The van der Waals surface area contributed by atoms with Gasteiger partial charge in [0.2, 0.25) is 0 Å². The van der Waals surface area contributed by atoms with Gasteiger partial charge in [-0.05, 0) is 18.2 Å². The van der Waals surface area contributed by atoms with Crippen LogP contribution in [-0.4, -0.2) is 52.3 Å². The summed E-state index contributed by atoms with van der Waals surface area (Å²) in [4.78, 5) is 18.3. The number of fused-ring (bicyclic) bond motifs is 1. The lowest BCUT2D eigenvalue weighted by molar-refractivity contribution is 0.114. The summed E-state index contributed by atoms with van der Waals surface area (Å²) >= 11 is 0. The van der Waals surface area contributed by atoms with Crippen molar-refractivity contribution in [1.29, 1.82) is 0 Å². The fourth-order valence-electron chi connectivity index (χ4n) is 3.67. The Kier molecular flexibility index (Phi) is 3.96. The van der Waals surface area contributed by atoms with Crippen LogP contribution in [-0.2, 0) is 5.54 Å². The van der Waals surface area contributed by atoms with E-state index in [4.69, 9.17) is 15.6 Å². The average molecular weight is 352 g/mol. The standard InChI is InChI=1S/C18H20N6O2/c1-26-14-5-3-2-4-13(14)18(12-20-8-10-23(18)17(19)25)15-6-7-16-21-9-11-24(16)22-15/h2-7,9,11,20H,8,10,12H2,1H3,(H2,19,25). The molecule has 0 aliphatic carbocycles. The highest BCUT2D eigenvalue weighted by Crippen LogP contribution is 2.40. The topological polar surface area (TPSA) is 97.8 Å². The molecule has 26 heavy (non-hydrogen) atoms. The highest BCUT2D eigenvalue weighted by Gasteiger charge is 2.47. The van der Waals surface area contributed by atoms with Crippen LogP contribution in [0.4, 0.5) is 4.79 Å². The third-order valence-electron chi connectivity index (χ3n) is 4.85. The van der Waals surface area contributed by atoms with Crippen molar-refractivity contribution in [2.24, 2.45) is 5.73 Å². The number of nitrogens with two attached hydrogens (primary N) is 1. The number of para-hydroxylation sites is 1. The summed E-state index contributed by atoms with van der Waals surface area (Å²) in [5.41, 5.74) is 7.15. The molecular weight excluding hydrogens is 332 g/mol. The summed E-state index contributed by atoms with van der Waals surface area (Å²) in [7, 11) is 1.61. The molecule has 0 saturated carbocycles. The van der Waals surface area contributed by atoms with E-state index in [2.05, 4.69) is 10.3 Å². The minimum atomic E-state index is -0.880. The first kappa shape index (κ1) is 16.3. The number of benzene rings is 1. The van der Waals surface area contributed by atoms with Gasteiger partial charge >= 0.3 is 6.03 Å². The predicted octanol–water partition coefficient (Wildman–Crippen LogP) is 0.965. The lowest BCUT2D eigenvalue weighted by Gasteiger charge is -2.46. The van der Waals surface area contributed by atoms with Crippen LogP contribution in [0.1, 0.15) is 11.3 Å². The Morgan fingerprint density at radius 2 is 2.15 bits per heavy atom. The fourth-order valence-corrected chi connectivity index (χ4v) is 3.67. The Morgan fingerprint density at radius 3 is 2.96 bits per heavy atom. The van der Waals surface area contributed by atoms with E-state index in [0.717, 1.165) is 11.2 Å². The minimum Gasteiger partial charge on any atom is -0.496 e. The van der Waals surface area contributed by atoms with Crippen LogP contribution < -0.4 is 15.8 Å². The molecular formula is C18H20N6O2. The Bertz CT molecular complexity index is 956. The molecule has 2 amide bonds. The zero-order chi connectivity index (χ0) is 18.1. The number of amides is 2. The van der Waals surface area contributed by atoms with Gasteiger partial charge in [0.15, 0.2) is 5.65 Å². The van der Waals surface area contributed by atoms with Crippen molar-refractivity contribution in [3.05, 3.63) is 60.0 Å². The summed E-state index contributed by atoms with van der Waals surface area (Å²) in [6.45, 7) is 1.60. The molecule has 1 aliphatic heterocycles. The van der Waals surface area contributed by atoms with E-state index >= 15 is 0 Å². The van der Waals surface area contributed by atoms with E-state index in [9.17, 15) is 4.79 Å². The number of rotatable bonds is 3. The molecule has 1 saturated heterocycles. The van der Waals surface area contributed by atoms with Crippen molar-refractivity contribution in [2.45, 2.75) is 5.54 Å². The van der Waals surface area contributed by atoms with Crippen LogP contribution in [0.15, 0.2) is 48.8 Å². The molecule has 134 valence electrons. The van der Waals surface area contributed by atoms with Gasteiger partial charge in [-0.1, -0.05) is 18.2 Å². The molecule has 0 radical (unpaired) electrons. The number of urea groups is 1. The normalized spacial score (nSPS) is 20.3. The summed E-state index contributed by atoms with van der Waals surface area (Å²) < 4.78 is 7.29. The van der Waals surface area contributed by atoms with Crippen LogP contribution >= 0.6 is 0 Å². The predicted molar refractivity (Wildman–Crippen MR) is 95.9 cm³/mol. The third-order valence-corrected chi connectivity index (χ3v) is 4.85. The molecule has 8 nitrogen and oxygen atoms in total. The van der Waals surface area contributed by atoms with E-state index < -0.39 is 11.6 Å². The van der Waals surface area contributed by atoms with Gasteiger partial charge in [0.1, 0.15) is 11.3 Å². The quantitative estimate of drug-likeness (QED) is 0.732. The van der Waals surface area contributed by atoms with Gasteiger partial charge in [0, 0.05) is 37.6 Å². The molecule has 0 spiro atoms. The summed E-state index contributed by atoms with van der Waals surface area (Å²) in [6.07, 6.45) is 3.46. The molecule has 8 heteroatoms. The second-order valence-corrected chi connectivity index (χ2v) is 6.18. The van der Waals surface area contributed by atoms with E-state index in [1.807, 2.05) is 36.4 Å². The summed E-state index contributed by atoms with van der Waals surface area (Å²) in [6, 6.07) is 10.9. The average Bonchev–Trinajstić information content (AvgIpc) is 3.15. The third kappa shape index (κ3) is 2.38. The van der Waals surface area contributed by atoms with E-state index in [1.165, 1.54) is 0 Å². The van der Waals surface area contributed by atoms with Crippen molar-refractivity contribution < 1.29 is 9.53 Å². The molecule has 1 aliphatic rings. The Balaban J connectivity index is 2.01. The van der Waals surface area contributed by atoms with Crippen LogP contribution in [0.5, 0.6) is 5.75 Å². The molecule has 1 aromatic carbocycles. The maximum atomic E-state index is 12.4. The molecule has 1 unspecified atom stereocenters. The lowest BCUT2D eigenvalue weighted by Crippen LogP contribution is -2.63. The largest absolute Gasteiger partial charge is 0.496 e. The number of imidazole rings is 1. The molecule has 3 aromatic rings. The molecule has 3 heterocycles. The molecule has 1 atom stereocenters. The Hall–Kier alpha value is -3.13. The summed E-state index contributed by atoms with van der Waals surface area (Å²) in [5.74, 6) is 0.676. The van der Waals surface area contributed by atoms with Gasteiger partial charge in [-0.3, -0.25) is 0 Å². The smallest absolute Gasteiger partial charge is 0.315 e. The van der Waals surface area contributed by atoms with Crippen molar-refractivity contribution in [1.82, 2.24) is 24.8 Å². The van der Waals surface area contributed by atoms with Crippen LogP contribution in [0.3, 0.4) is 0 Å². The summed E-state index contributed by atoms with van der Waals surface area (Å²) in [5, 5.41) is 8.11. The minimum absolute atomic E-state index is 0.469. The highest BCUT2D eigenvalue weighted by atomic mass is 16.5. The van der Waals surface area contributed by atoms with Crippen molar-refractivity contribution in [3.63, 3.8) is 0 Å². The second-order valence-electron chi connectivity index (χ2n) is 6.18. The number of methoxy groups -OCH3 is 1. The number of carbonyl (C=O) groups is 1. The van der Waals surface area contributed by atoms with E-state index in [0.29, 0.717) is 31.1 Å². The van der Waals surface area contributed by atoms with E-state index in [1.54, 1.807) is 28.9 Å². The number of carbonyl (C=O) groups excluding carboxylic acids is 1. The first-order valence-corrected chi connectivity index (χ1v) is 8.39. The number of aromatic nitrogens is 3. The number of ether oxygens (including phenoxy) is 1. The van der Waals surface area contributed by atoms with Gasteiger partial charge in [-0.2, -0.15) is 5.10 Å². The highest BCUT2D eigenvalue weighted by molar-refractivity contribution is 5.75. The van der Waals surface area contributed by atoms with E-state index in [-0.39, 0.29) is 0 Å². The SMILES string of the molecule is COc1ccccc1C1(c2ccc3nccn3n2)CNCCN1C(N)=O. The van der Waals surface area contributed by atoms with Gasteiger partial charge < -0.3 is 20.7 Å². The number of hydrogen-bond donors (Lipinski definition) is 2. The first-order valence-electron chi connectivity index (χ1n) is 8.39. The van der Waals surface area contributed by atoms with Gasteiger partial charge in [-0.25, -0.2) is 14.3 Å². The second kappa shape index (κ2) is 6.30. The molecule has 2 aromatic heterocycles. The maximum Gasteiger partial charge on any atom is 0.315 e. The number of hydrogen-bond acceptors (Lipinski definition) is 5. The van der Waals surface area contributed by atoms with Gasteiger partial charge in [0.25, 0.3) is 0 Å². The van der Waals surface area contributed by atoms with Crippen LogP contribution in [0.25, 0.3) is 5.65 Å². The Labute approximate surface area is 150 Å². The van der Waals surface area contributed by atoms with Crippen LogP contribution in [0.2, 0.25) is 0 Å². The van der Waals surface area contributed by atoms with Gasteiger partial charge in [-0.15, -0.1) is 0 Å². The first-order chi connectivity index (χ1) is 12.7. The fraction of sp³-hybridized carbons (Fsp3) is 0.278.